The Bertz CT molecular complexity index is 951. The summed E-state index contributed by atoms with van der Waals surface area (Å²) in [5, 5.41) is 3.07. The summed E-state index contributed by atoms with van der Waals surface area (Å²) in [6.07, 6.45) is 0.371. The van der Waals surface area contributed by atoms with Gasteiger partial charge in [-0.15, -0.1) is 0 Å². The number of nitrogens with zero attached hydrogens (tertiary/aromatic N) is 1. The van der Waals surface area contributed by atoms with Crippen molar-refractivity contribution in [1.29, 1.82) is 0 Å². The van der Waals surface area contributed by atoms with E-state index in [9.17, 15) is 9.59 Å². The van der Waals surface area contributed by atoms with Crippen molar-refractivity contribution in [3.05, 3.63) is 96.1 Å². The minimum Gasteiger partial charge on any atom is -0.348 e. The molecule has 3 rings (SSSR count). The summed E-state index contributed by atoms with van der Waals surface area (Å²) < 4.78 is 0. The second-order valence-corrected chi connectivity index (χ2v) is 7.66. The predicted molar refractivity (Wildman–Crippen MR) is 121 cm³/mol. The van der Waals surface area contributed by atoms with E-state index in [0.717, 1.165) is 16.7 Å². The third-order valence-electron chi connectivity index (χ3n) is 4.98. The van der Waals surface area contributed by atoms with Crippen LogP contribution in [0.4, 0.5) is 0 Å². The molecule has 4 nitrogen and oxygen atoms in total. The maximum atomic E-state index is 12.5. The van der Waals surface area contributed by atoms with Crippen LogP contribution in [0, 0.1) is 0 Å². The molecule has 0 radical (unpaired) electrons. The first-order valence-electron chi connectivity index (χ1n) is 10.2. The molecule has 154 valence electrons. The molecule has 3 aromatic rings. The monoisotopic (exact) mass is 400 g/mol. The van der Waals surface area contributed by atoms with Crippen molar-refractivity contribution >= 4 is 11.7 Å². The molecule has 0 aliphatic carbocycles. The Balaban J connectivity index is 1.56. The highest BCUT2D eigenvalue weighted by atomic mass is 16.2. The van der Waals surface area contributed by atoms with Crippen molar-refractivity contribution < 1.29 is 9.59 Å². The lowest BCUT2D eigenvalue weighted by molar-refractivity contribution is -0.121. The molecule has 0 spiro atoms. The maximum absolute atomic E-state index is 12.5. The highest BCUT2D eigenvalue weighted by Crippen LogP contribution is 2.20. The van der Waals surface area contributed by atoms with Crippen LogP contribution in [0.5, 0.6) is 0 Å². The minimum absolute atomic E-state index is 0.0198. The van der Waals surface area contributed by atoms with Gasteiger partial charge in [-0.2, -0.15) is 0 Å². The number of carbonyl (C=O) groups is 2. The lowest BCUT2D eigenvalue weighted by atomic mass is 10.0. The molecule has 0 fully saturated rings. The third-order valence-corrected chi connectivity index (χ3v) is 4.98. The van der Waals surface area contributed by atoms with E-state index in [2.05, 4.69) is 5.32 Å². The molecule has 0 saturated heterocycles. The zero-order valence-corrected chi connectivity index (χ0v) is 17.5. The van der Waals surface area contributed by atoms with Gasteiger partial charge in [-0.25, -0.2) is 0 Å². The number of likely N-dealkylation sites (N-methyl/N-ethyl adjacent to an activating group) is 1. The molecule has 1 amide bonds. The topological polar surface area (TPSA) is 49.4 Å². The van der Waals surface area contributed by atoms with Gasteiger partial charge < -0.3 is 10.2 Å². The molecule has 0 aliphatic heterocycles. The molecule has 3 aromatic carbocycles. The van der Waals surface area contributed by atoms with Crippen molar-refractivity contribution in [2.45, 2.75) is 18.9 Å². The number of benzene rings is 3. The van der Waals surface area contributed by atoms with E-state index < -0.39 is 0 Å². The van der Waals surface area contributed by atoms with Crippen LogP contribution in [-0.4, -0.2) is 37.2 Å². The van der Waals surface area contributed by atoms with Crippen molar-refractivity contribution in [3.8, 4) is 11.1 Å². The SMILES string of the molecule is CN(C)C[C@@H](NC(=O)CCC(=O)c1ccc(-c2ccccc2)cc1)c1ccccc1. The lowest BCUT2D eigenvalue weighted by Gasteiger charge is -2.23. The molecular weight excluding hydrogens is 372 g/mol. The fourth-order valence-corrected chi connectivity index (χ4v) is 3.40. The summed E-state index contributed by atoms with van der Waals surface area (Å²) >= 11 is 0. The van der Waals surface area contributed by atoms with E-state index in [-0.39, 0.29) is 30.6 Å². The van der Waals surface area contributed by atoms with Crippen LogP contribution < -0.4 is 5.32 Å². The van der Waals surface area contributed by atoms with Crippen LogP contribution in [0.1, 0.15) is 34.8 Å². The molecule has 4 heteroatoms. The second-order valence-electron chi connectivity index (χ2n) is 7.66. The van der Waals surface area contributed by atoms with Gasteiger partial charge in [0.15, 0.2) is 5.78 Å². The van der Waals surface area contributed by atoms with Crippen molar-refractivity contribution in [1.82, 2.24) is 10.2 Å². The molecule has 0 aliphatic rings. The number of amides is 1. The molecule has 0 heterocycles. The average Bonchev–Trinajstić information content (AvgIpc) is 2.78. The number of rotatable bonds is 9. The van der Waals surface area contributed by atoms with Gasteiger partial charge in [0.25, 0.3) is 0 Å². The van der Waals surface area contributed by atoms with Gasteiger partial charge in [0, 0.05) is 24.9 Å². The number of hydrogen-bond acceptors (Lipinski definition) is 3. The molecular formula is C26H28N2O2. The van der Waals surface area contributed by atoms with Crippen LogP contribution in [0.15, 0.2) is 84.9 Å². The van der Waals surface area contributed by atoms with E-state index in [0.29, 0.717) is 12.1 Å². The number of Topliss-reactive ketones (excluding diaryl/α,β-unsaturated/α-hetero) is 1. The fraction of sp³-hybridized carbons (Fsp3) is 0.231. The Labute approximate surface area is 178 Å². The molecule has 0 unspecified atom stereocenters. The smallest absolute Gasteiger partial charge is 0.220 e. The standard InChI is InChI=1S/C26H28N2O2/c1-28(2)19-24(22-11-7-4-8-12-22)27-26(30)18-17-25(29)23-15-13-21(14-16-23)20-9-5-3-6-10-20/h3-16,24H,17-19H2,1-2H3,(H,27,30)/t24-/m1/s1. The maximum Gasteiger partial charge on any atom is 0.220 e. The first kappa shape index (κ1) is 21.5. The van der Waals surface area contributed by atoms with Gasteiger partial charge in [0.1, 0.15) is 0 Å². The largest absolute Gasteiger partial charge is 0.348 e. The fourth-order valence-electron chi connectivity index (χ4n) is 3.40. The predicted octanol–water partition coefficient (Wildman–Crippen LogP) is 4.74. The van der Waals surface area contributed by atoms with E-state index >= 15 is 0 Å². The summed E-state index contributed by atoms with van der Waals surface area (Å²) in [5.41, 5.74) is 3.88. The van der Waals surface area contributed by atoms with Gasteiger partial charge in [0.2, 0.25) is 5.91 Å². The number of nitrogens with one attached hydrogen (secondary N) is 1. The van der Waals surface area contributed by atoms with Crippen LogP contribution in [0.2, 0.25) is 0 Å². The summed E-state index contributed by atoms with van der Waals surface area (Å²) in [6, 6.07) is 27.4. The number of ketones is 1. The van der Waals surface area contributed by atoms with Gasteiger partial charge in [-0.3, -0.25) is 9.59 Å². The third kappa shape index (κ3) is 6.13. The Morgan fingerprint density at radius 3 is 1.93 bits per heavy atom. The number of carbonyl (C=O) groups excluding carboxylic acids is 2. The Kier molecular flexibility index (Phi) is 7.52. The Morgan fingerprint density at radius 1 is 0.767 bits per heavy atom. The van der Waals surface area contributed by atoms with Crippen LogP contribution in [0.3, 0.4) is 0 Å². The van der Waals surface area contributed by atoms with E-state index in [1.807, 2.05) is 104 Å². The molecule has 30 heavy (non-hydrogen) atoms. The highest BCUT2D eigenvalue weighted by Gasteiger charge is 2.16. The molecule has 1 atom stereocenters. The zero-order valence-electron chi connectivity index (χ0n) is 17.5. The summed E-state index contributed by atoms with van der Waals surface area (Å²) in [4.78, 5) is 27.1. The van der Waals surface area contributed by atoms with Crippen LogP contribution >= 0.6 is 0 Å². The molecule has 0 aromatic heterocycles. The van der Waals surface area contributed by atoms with Gasteiger partial charge in [0.05, 0.1) is 6.04 Å². The van der Waals surface area contributed by atoms with Crippen molar-refractivity contribution in [2.24, 2.45) is 0 Å². The summed E-state index contributed by atoms with van der Waals surface area (Å²) in [5.74, 6) is -0.131. The van der Waals surface area contributed by atoms with Crippen LogP contribution in [-0.2, 0) is 4.79 Å². The van der Waals surface area contributed by atoms with Crippen LogP contribution in [0.25, 0.3) is 11.1 Å². The van der Waals surface area contributed by atoms with E-state index in [1.54, 1.807) is 0 Å². The Hall–Kier alpha value is -3.24. The molecule has 0 bridgehead atoms. The first-order valence-corrected chi connectivity index (χ1v) is 10.2. The lowest BCUT2D eigenvalue weighted by Crippen LogP contribution is -2.35. The summed E-state index contributed by atoms with van der Waals surface area (Å²) in [6.45, 7) is 0.699. The van der Waals surface area contributed by atoms with E-state index in [1.165, 1.54) is 0 Å². The van der Waals surface area contributed by atoms with Gasteiger partial charge >= 0.3 is 0 Å². The summed E-state index contributed by atoms with van der Waals surface area (Å²) in [7, 11) is 3.95. The minimum atomic E-state index is -0.111. The normalized spacial score (nSPS) is 11.8. The second kappa shape index (κ2) is 10.5. The Morgan fingerprint density at radius 2 is 1.33 bits per heavy atom. The van der Waals surface area contributed by atoms with Crippen molar-refractivity contribution in [2.75, 3.05) is 20.6 Å². The zero-order chi connectivity index (χ0) is 21.3. The van der Waals surface area contributed by atoms with Crippen molar-refractivity contribution in [3.63, 3.8) is 0 Å². The van der Waals surface area contributed by atoms with Gasteiger partial charge in [-0.1, -0.05) is 84.9 Å². The number of hydrogen-bond donors (Lipinski definition) is 1. The quantitative estimate of drug-likeness (QED) is 0.528. The molecule has 0 saturated carbocycles. The first-order chi connectivity index (χ1) is 14.5. The molecule has 1 N–H and O–H groups in total. The highest BCUT2D eigenvalue weighted by molar-refractivity contribution is 5.98. The van der Waals surface area contributed by atoms with Gasteiger partial charge in [-0.05, 0) is 30.8 Å². The van der Waals surface area contributed by atoms with E-state index in [4.69, 9.17) is 0 Å². The average molecular weight is 401 g/mol.